The second-order valence-corrected chi connectivity index (χ2v) is 6.82. The predicted molar refractivity (Wildman–Crippen MR) is 109 cm³/mol. The van der Waals surface area contributed by atoms with E-state index in [4.69, 9.17) is 0 Å². The van der Waals surface area contributed by atoms with Crippen molar-refractivity contribution < 1.29 is 0 Å². The van der Waals surface area contributed by atoms with Crippen LogP contribution in [0, 0.1) is 0 Å². The Balaban J connectivity index is 2.12. The lowest BCUT2D eigenvalue weighted by Gasteiger charge is -2.19. The summed E-state index contributed by atoms with van der Waals surface area (Å²) in [7, 11) is 0. The Morgan fingerprint density at radius 1 is 0.560 bits per heavy atom. The zero-order chi connectivity index (χ0) is 17.2. The molecule has 0 amide bonds. The van der Waals surface area contributed by atoms with E-state index in [1.807, 2.05) is 0 Å². The molecule has 0 nitrogen and oxygen atoms in total. The molecule has 0 atom stereocenters. The Morgan fingerprint density at radius 3 is 1.68 bits per heavy atom. The minimum atomic E-state index is 0.460. The summed E-state index contributed by atoms with van der Waals surface area (Å²) in [5.74, 6) is 0.460. The van der Waals surface area contributed by atoms with Crippen LogP contribution in [0.2, 0.25) is 0 Å². The van der Waals surface area contributed by atoms with Gasteiger partial charge in [-0.25, -0.2) is 0 Å². The first-order chi connectivity index (χ1) is 12.3. The van der Waals surface area contributed by atoms with Crippen LogP contribution in [0.15, 0.2) is 91.0 Å². The average Bonchev–Trinajstić information content (AvgIpc) is 2.68. The summed E-state index contributed by atoms with van der Waals surface area (Å²) in [6, 6.07) is 32.7. The van der Waals surface area contributed by atoms with Crippen LogP contribution in [0.5, 0.6) is 0 Å². The van der Waals surface area contributed by atoms with E-state index in [2.05, 4.69) is 105 Å². The van der Waals surface area contributed by atoms with Crippen molar-refractivity contribution in [3.63, 3.8) is 0 Å². The van der Waals surface area contributed by atoms with Gasteiger partial charge in [-0.15, -0.1) is 0 Å². The molecule has 0 aromatic heterocycles. The lowest BCUT2D eigenvalue weighted by molar-refractivity contribution is 0.871. The van der Waals surface area contributed by atoms with Crippen molar-refractivity contribution in [3.8, 4) is 22.3 Å². The molecule has 0 aliphatic carbocycles. The summed E-state index contributed by atoms with van der Waals surface area (Å²) < 4.78 is 0. The fourth-order valence-corrected chi connectivity index (χ4v) is 3.64. The topological polar surface area (TPSA) is 0 Å². The van der Waals surface area contributed by atoms with E-state index in [0.717, 1.165) is 0 Å². The SMILES string of the molecule is CC(C)c1cc(-c2ccccc2)c2ccccc2c1-c1ccccc1. The first-order valence-electron chi connectivity index (χ1n) is 8.92. The zero-order valence-electron chi connectivity index (χ0n) is 14.7. The van der Waals surface area contributed by atoms with Crippen molar-refractivity contribution in [2.75, 3.05) is 0 Å². The minimum Gasteiger partial charge on any atom is -0.0622 e. The second kappa shape index (κ2) is 6.57. The number of hydrogen-bond donors (Lipinski definition) is 0. The number of rotatable bonds is 3. The van der Waals surface area contributed by atoms with Gasteiger partial charge in [0.15, 0.2) is 0 Å². The molecule has 25 heavy (non-hydrogen) atoms. The molecular formula is C25H22. The summed E-state index contributed by atoms with van der Waals surface area (Å²) in [6.07, 6.45) is 0. The highest BCUT2D eigenvalue weighted by Crippen LogP contribution is 2.41. The van der Waals surface area contributed by atoms with E-state index in [-0.39, 0.29) is 0 Å². The molecule has 4 aromatic rings. The van der Waals surface area contributed by atoms with Crippen LogP contribution >= 0.6 is 0 Å². The Labute approximate surface area is 149 Å². The van der Waals surface area contributed by atoms with Gasteiger partial charge in [-0.1, -0.05) is 98.8 Å². The number of benzene rings is 4. The smallest absolute Gasteiger partial charge is 0.00703 e. The van der Waals surface area contributed by atoms with Gasteiger partial charge in [-0.05, 0) is 50.6 Å². The van der Waals surface area contributed by atoms with Crippen LogP contribution in [-0.2, 0) is 0 Å². The molecule has 0 radical (unpaired) electrons. The lowest BCUT2D eigenvalue weighted by atomic mass is 9.84. The molecule has 0 N–H and O–H groups in total. The molecule has 0 spiro atoms. The Bertz CT molecular complexity index is 996. The molecule has 0 aliphatic rings. The van der Waals surface area contributed by atoms with Crippen LogP contribution in [0.25, 0.3) is 33.0 Å². The highest BCUT2D eigenvalue weighted by atomic mass is 14.2. The molecule has 0 heterocycles. The van der Waals surface area contributed by atoms with Crippen LogP contribution in [0.3, 0.4) is 0 Å². The summed E-state index contributed by atoms with van der Waals surface area (Å²) in [5.41, 5.74) is 6.66. The molecule has 4 aromatic carbocycles. The van der Waals surface area contributed by atoms with Crippen LogP contribution < -0.4 is 0 Å². The third-order valence-corrected chi connectivity index (χ3v) is 4.84. The summed E-state index contributed by atoms with van der Waals surface area (Å²) in [6.45, 7) is 4.57. The minimum absolute atomic E-state index is 0.460. The van der Waals surface area contributed by atoms with E-state index >= 15 is 0 Å². The highest BCUT2D eigenvalue weighted by molar-refractivity contribution is 6.06. The molecule has 0 unspecified atom stereocenters. The number of fused-ring (bicyclic) bond motifs is 1. The average molecular weight is 322 g/mol. The summed E-state index contributed by atoms with van der Waals surface area (Å²) in [4.78, 5) is 0. The van der Waals surface area contributed by atoms with Gasteiger partial charge in [-0.3, -0.25) is 0 Å². The zero-order valence-corrected chi connectivity index (χ0v) is 14.7. The van der Waals surface area contributed by atoms with E-state index in [1.165, 1.54) is 38.6 Å². The lowest BCUT2D eigenvalue weighted by Crippen LogP contribution is -1.96. The van der Waals surface area contributed by atoms with Gasteiger partial charge in [0.25, 0.3) is 0 Å². The highest BCUT2D eigenvalue weighted by Gasteiger charge is 2.16. The third-order valence-electron chi connectivity index (χ3n) is 4.84. The van der Waals surface area contributed by atoms with E-state index in [0.29, 0.717) is 5.92 Å². The van der Waals surface area contributed by atoms with Gasteiger partial charge in [-0.2, -0.15) is 0 Å². The molecule has 0 saturated carbocycles. The van der Waals surface area contributed by atoms with E-state index < -0.39 is 0 Å². The predicted octanol–water partition coefficient (Wildman–Crippen LogP) is 7.30. The standard InChI is InChI=1S/C25H22/c1-18(2)23-17-24(19-11-5-3-6-12-19)21-15-9-10-16-22(21)25(23)20-13-7-4-8-14-20/h3-18H,1-2H3. The molecule has 0 bridgehead atoms. The van der Waals surface area contributed by atoms with Gasteiger partial charge in [0.2, 0.25) is 0 Å². The monoisotopic (exact) mass is 322 g/mol. The van der Waals surface area contributed by atoms with Crippen molar-refractivity contribution in [2.24, 2.45) is 0 Å². The summed E-state index contributed by atoms with van der Waals surface area (Å²) in [5, 5.41) is 2.65. The number of hydrogen-bond acceptors (Lipinski definition) is 0. The van der Waals surface area contributed by atoms with E-state index in [1.54, 1.807) is 0 Å². The quantitative estimate of drug-likeness (QED) is 0.371. The van der Waals surface area contributed by atoms with Crippen LogP contribution in [0.1, 0.15) is 25.3 Å². The van der Waals surface area contributed by atoms with Gasteiger partial charge in [0, 0.05) is 0 Å². The molecule has 0 fully saturated rings. The second-order valence-electron chi connectivity index (χ2n) is 6.82. The molecular weight excluding hydrogens is 300 g/mol. The van der Waals surface area contributed by atoms with Gasteiger partial charge >= 0.3 is 0 Å². The fraction of sp³-hybridized carbons (Fsp3) is 0.120. The van der Waals surface area contributed by atoms with Gasteiger partial charge in [0.05, 0.1) is 0 Å². The molecule has 0 aliphatic heterocycles. The van der Waals surface area contributed by atoms with Crippen molar-refractivity contribution in [1.29, 1.82) is 0 Å². The first-order valence-corrected chi connectivity index (χ1v) is 8.92. The molecule has 0 heteroatoms. The van der Waals surface area contributed by atoms with E-state index in [9.17, 15) is 0 Å². The summed E-state index contributed by atoms with van der Waals surface area (Å²) >= 11 is 0. The van der Waals surface area contributed by atoms with Gasteiger partial charge < -0.3 is 0 Å². The molecule has 4 rings (SSSR count). The maximum absolute atomic E-state index is 2.39. The molecule has 0 saturated heterocycles. The fourth-order valence-electron chi connectivity index (χ4n) is 3.64. The first kappa shape index (κ1) is 15.7. The van der Waals surface area contributed by atoms with Crippen molar-refractivity contribution in [2.45, 2.75) is 19.8 Å². The van der Waals surface area contributed by atoms with Crippen molar-refractivity contribution >= 4 is 10.8 Å². The maximum atomic E-state index is 2.39. The Hall–Kier alpha value is -2.86. The van der Waals surface area contributed by atoms with Crippen molar-refractivity contribution in [3.05, 3.63) is 96.6 Å². The normalized spacial score (nSPS) is 11.2. The largest absolute Gasteiger partial charge is 0.0622 e. The van der Waals surface area contributed by atoms with Crippen molar-refractivity contribution in [1.82, 2.24) is 0 Å². The Kier molecular flexibility index (Phi) is 4.11. The molecule has 122 valence electrons. The third kappa shape index (κ3) is 2.85. The maximum Gasteiger partial charge on any atom is -0.00703 e. The van der Waals surface area contributed by atoms with Gasteiger partial charge in [0.1, 0.15) is 0 Å². The van der Waals surface area contributed by atoms with Crippen LogP contribution in [-0.4, -0.2) is 0 Å². The Morgan fingerprint density at radius 2 is 1.08 bits per heavy atom. The van der Waals surface area contributed by atoms with Crippen LogP contribution in [0.4, 0.5) is 0 Å².